The van der Waals surface area contributed by atoms with Crippen molar-refractivity contribution in [1.29, 1.82) is 0 Å². The topological polar surface area (TPSA) is 83.1 Å². The number of hydrogen-bond acceptors (Lipinski definition) is 4. The Morgan fingerprint density at radius 2 is 1.95 bits per heavy atom. The lowest BCUT2D eigenvalue weighted by Gasteiger charge is -2.10. The van der Waals surface area contributed by atoms with Gasteiger partial charge in [-0.25, -0.2) is 0 Å². The van der Waals surface area contributed by atoms with Crippen LogP contribution in [-0.2, 0) is 4.79 Å². The van der Waals surface area contributed by atoms with Crippen LogP contribution in [0.5, 0.6) is 0 Å². The molecular weight excluding hydrogens is 288 g/mol. The van der Waals surface area contributed by atoms with E-state index in [1.165, 1.54) is 12.4 Å². The first-order chi connectivity index (χ1) is 9.13. The van der Waals surface area contributed by atoms with Crippen molar-refractivity contribution in [3.63, 3.8) is 0 Å². The van der Waals surface area contributed by atoms with E-state index in [4.69, 9.17) is 23.8 Å². The van der Waals surface area contributed by atoms with Crippen LogP contribution >= 0.6 is 23.8 Å². The van der Waals surface area contributed by atoms with Crippen LogP contribution in [0.2, 0.25) is 0 Å². The maximum atomic E-state index is 11.6. The van der Waals surface area contributed by atoms with Crippen molar-refractivity contribution in [2.75, 3.05) is 5.88 Å². The van der Waals surface area contributed by atoms with Crippen LogP contribution in [0.3, 0.4) is 0 Å². The van der Waals surface area contributed by atoms with E-state index in [-0.39, 0.29) is 23.3 Å². The second kappa shape index (κ2) is 8.39. The van der Waals surface area contributed by atoms with Crippen LogP contribution in [0.1, 0.15) is 23.2 Å². The van der Waals surface area contributed by atoms with E-state index in [0.29, 0.717) is 17.9 Å². The van der Waals surface area contributed by atoms with Crippen molar-refractivity contribution in [3.8, 4) is 0 Å². The number of nitrogens with one attached hydrogen (secondary N) is 3. The van der Waals surface area contributed by atoms with Gasteiger partial charge in [-0.15, -0.1) is 11.6 Å². The molecule has 102 valence electrons. The van der Waals surface area contributed by atoms with Gasteiger partial charge in [0, 0.05) is 30.3 Å². The highest BCUT2D eigenvalue weighted by Crippen LogP contribution is 1.94. The van der Waals surface area contributed by atoms with Crippen molar-refractivity contribution >= 4 is 40.7 Å². The first kappa shape index (κ1) is 15.3. The van der Waals surface area contributed by atoms with Crippen molar-refractivity contribution in [1.82, 2.24) is 21.2 Å². The molecular formula is C11H13ClN4O2S. The summed E-state index contributed by atoms with van der Waals surface area (Å²) < 4.78 is 0. The van der Waals surface area contributed by atoms with Crippen LogP contribution in [0.25, 0.3) is 0 Å². The zero-order chi connectivity index (χ0) is 14.1. The Hall–Kier alpha value is -1.73. The molecule has 1 heterocycles. The second-order valence-electron chi connectivity index (χ2n) is 3.48. The minimum absolute atomic E-state index is 0.0296. The molecule has 3 N–H and O–H groups in total. The van der Waals surface area contributed by atoms with E-state index in [1.807, 2.05) is 0 Å². The number of rotatable bonds is 4. The van der Waals surface area contributed by atoms with Gasteiger partial charge in [-0.05, 0) is 30.8 Å². The van der Waals surface area contributed by atoms with E-state index in [0.717, 1.165) is 0 Å². The maximum absolute atomic E-state index is 11.6. The molecule has 0 radical (unpaired) electrons. The number of nitrogens with zero attached hydrogens (tertiary/aromatic N) is 1. The van der Waals surface area contributed by atoms with Gasteiger partial charge in [0.1, 0.15) is 0 Å². The molecule has 0 aliphatic carbocycles. The van der Waals surface area contributed by atoms with Crippen molar-refractivity contribution < 1.29 is 9.59 Å². The Kier molecular flexibility index (Phi) is 6.76. The quantitative estimate of drug-likeness (QED) is 0.434. The number of thiocarbonyl (C=S) groups is 1. The summed E-state index contributed by atoms with van der Waals surface area (Å²) in [7, 11) is 0. The Balaban J connectivity index is 2.30. The predicted octanol–water partition coefficient (Wildman–Crippen LogP) is 0.736. The van der Waals surface area contributed by atoms with Crippen LogP contribution in [-0.4, -0.2) is 27.8 Å². The highest BCUT2D eigenvalue weighted by Gasteiger charge is 2.07. The summed E-state index contributed by atoms with van der Waals surface area (Å²) in [4.78, 5) is 26.7. The van der Waals surface area contributed by atoms with Crippen molar-refractivity contribution in [3.05, 3.63) is 30.1 Å². The maximum Gasteiger partial charge on any atom is 0.269 e. The van der Waals surface area contributed by atoms with Crippen LogP contribution in [0.4, 0.5) is 0 Å². The second-order valence-corrected chi connectivity index (χ2v) is 4.27. The molecule has 0 bridgehead atoms. The summed E-state index contributed by atoms with van der Waals surface area (Å²) in [6.45, 7) is 0. The van der Waals surface area contributed by atoms with Gasteiger partial charge in [-0.3, -0.25) is 25.4 Å². The minimum Gasteiger partial charge on any atom is -0.302 e. The van der Waals surface area contributed by atoms with Gasteiger partial charge in [0.25, 0.3) is 5.91 Å². The minimum atomic E-state index is -0.375. The number of aromatic nitrogens is 1. The summed E-state index contributed by atoms with van der Waals surface area (Å²) >= 11 is 10.3. The molecule has 1 aromatic rings. The summed E-state index contributed by atoms with van der Waals surface area (Å²) in [5, 5.41) is 2.45. The molecule has 0 aromatic carbocycles. The lowest BCUT2D eigenvalue weighted by atomic mass is 10.3. The number of hydrogen-bond donors (Lipinski definition) is 3. The number of alkyl halides is 1. The fourth-order valence-corrected chi connectivity index (χ4v) is 1.44. The molecule has 6 nitrogen and oxygen atoms in total. The third kappa shape index (κ3) is 6.12. The van der Waals surface area contributed by atoms with Gasteiger partial charge in [0.15, 0.2) is 5.11 Å². The molecule has 0 atom stereocenters. The van der Waals surface area contributed by atoms with E-state index in [1.54, 1.807) is 12.1 Å². The Morgan fingerprint density at radius 1 is 1.26 bits per heavy atom. The normalized spacial score (nSPS) is 9.53. The van der Waals surface area contributed by atoms with Gasteiger partial charge in [-0.2, -0.15) is 0 Å². The number of pyridine rings is 1. The molecule has 0 spiro atoms. The lowest BCUT2D eigenvalue weighted by Crippen LogP contribution is -2.48. The molecule has 0 saturated carbocycles. The molecule has 1 rings (SSSR count). The molecule has 0 aliphatic rings. The van der Waals surface area contributed by atoms with Gasteiger partial charge < -0.3 is 5.32 Å². The monoisotopic (exact) mass is 300 g/mol. The molecule has 0 fully saturated rings. The van der Waals surface area contributed by atoms with E-state index >= 15 is 0 Å². The Labute approximate surface area is 120 Å². The number of halogens is 1. The number of carbonyl (C=O) groups excluding carboxylic acids is 2. The zero-order valence-electron chi connectivity index (χ0n) is 9.98. The first-order valence-electron chi connectivity index (χ1n) is 5.49. The van der Waals surface area contributed by atoms with E-state index in [2.05, 4.69) is 21.2 Å². The Bertz CT molecular complexity index is 455. The number of hydrazine groups is 1. The molecule has 1 aromatic heterocycles. The molecule has 2 amide bonds. The molecule has 0 unspecified atom stereocenters. The number of carbonyl (C=O) groups is 2. The van der Waals surface area contributed by atoms with Gasteiger partial charge in [0.05, 0.1) is 0 Å². The van der Waals surface area contributed by atoms with Crippen molar-refractivity contribution in [2.45, 2.75) is 12.8 Å². The van der Waals surface area contributed by atoms with Gasteiger partial charge in [-0.1, -0.05) is 0 Å². The molecule has 8 heteroatoms. The molecule has 0 saturated heterocycles. The predicted molar refractivity (Wildman–Crippen MR) is 75.5 cm³/mol. The standard InChI is InChI=1S/C11H13ClN4O2S/c12-5-1-2-9(17)14-11(19)16-15-10(18)8-3-6-13-7-4-8/h3-4,6-7H,1-2,5H2,(H,15,18)(H2,14,16,17,19). The fourth-order valence-electron chi connectivity index (χ4n) is 1.14. The van der Waals surface area contributed by atoms with Gasteiger partial charge >= 0.3 is 0 Å². The van der Waals surface area contributed by atoms with E-state index < -0.39 is 0 Å². The summed E-state index contributed by atoms with van der Waals surface area (Å²) in [5.74, 6) is -0.220. The fraction of sp³-hybridized carbons (Fsp3) is 0.273. The summed E-state index contributed by atoms with van der Waals surface area (Å²) in [6, 6.07) is 3.11. The Morgan fingerprint density at radius 3 is 2.58 bits per heavy atom. The van der Waals surface area contributed by atoms with Crippen LogP contribution in [0.15, 0.2) is 24.5 Å². The average Bonchev–Trinajstić information content (AvgIpc) is 2.43. The number of amides is 2. The SMILES string of the molecule is O=C(CCCCl)NC(=S)NNC(=O)c1ccncc1. The van der Waals surface area contributed by atoms with Gasteiger partial charge in [0.2, 0.25) is 5.91 Å². The highest BCUT2D eigenvalue weighted by atomic mass is 35.5. The smallest absolute Gasteiger partial charge is 0.269 e. The van der Waals surface area contributed by atoms with Crippen LogP contribution in [0, 0.1) is 0 Å². The lowest BCUT2D eigenvalue weighted by molar-refractivity contribution is -0.119. The third-order valence-corrected chi connectivity index (χ3v) is 2.49. The zero-order valence-corrected chi connectivity index (χ0v) is 11.6. The average molecular weight is 301 g/mol. The first-order valence-corrected chi connectivity index (χ1v) is 6.44. The summed E-state index contributed by atoms with van der Waals surface area (Å²) in [6.07, 6.45) is 3.85. The molecule has 0 aliphatic heterocycles. The van der Waals surface area contributed by atoms with E-state index in [9.17, 15) is 9.59 Å². The van der Waals surface area contributed by atoms with Crippen LogP contribution < -0.4 is 16.2 Å². The highest BCUT2D eigenvalue weighted by molar-refractivity contribution is 7.80. The molecule has 19 heavy (non-hydrogen) atoms. The largest absolute Gasteiger partial charge is 0.302 e. The third-order valence-electron chi connectivity index (χ3n) is 2.02. The summed E-state index contributed by atoms with van der Waals surface area (Å²) in [5.41, 5.74) is 5.23. The van der Waals surface area contributed by atoms with Crippen molar-refractivity contribution in [2.24, 2.45) is 0 Å².